The van der Waals surface area contributed by atoms with Crippen LogP contribution in [0, 0.1) is 6.92 Å². The lowest BCUT2D eigenvalue weighted by atomic mass is 10.2. The number of aromatic nitrogens is 2. The summed E-state index contributed by atoms with van der Waals surface area (Å²) >= 11 is 1.61. The predicted octanol–water partition coefficient (Wildman–Crippen LogP) is 4.23. The highest BCUT2D eigenvalue weighted by atomic mass is 127. The molecule has 1 aromatic heterocycles. The van der Waals surface area contributed by atoms with Crippen molar-refractivity contribution in [3.05, 3.63) is 77.6 Å². The summed E-state index contributed by atoms with van der Waals surface area (Å²) in [6.45, 7) is 1.62. The minimum absolute atomic E-state index is 0.0448. The van der Waals surface area contributed by atoms with Gasteiger partial charge in [0.1, 0.15) is 0 Å². The normalized spacial score (nSPS) is 13.3. The zero-order chi connectivity index (χ0) is 21.9. The van der Waals surface area contributed by atoms with E-state index >= 15 is 0 Å². The fraction of sp³-hybridized carbons (Fsp3) is 0.105. The summed E-state index contributed by atoms with van der Waals surface area (Å²) in [7, 11) is -1.85. The van der Waals surface area contributed by atoms with Crippen LogP contribution in [-0.4, -0.2) is 24.5 Å². The number of aryl methyl sites for hydroxylation is 1. The van der Waals surface area contributed by atoms with Gasteiger partial charge in [-0.3, -0.25) is 9.52 Å². The van der Waals surface area contributed by atoms with E-state index < -0.39 is 13.4 Å². The first-order chi connectivity index (χ1) is 14.1. The molecule has 0 saturated heterocycles. The van der Waals surface area contributed by atoms with Gasteiger partial charge in [0.2, 0.25) is 0 Å². The molecule has 0 fully saturated rings. The molecule has 11 heteroatoms. The quantitative estimate of drug-likeness (QED) is 0.268. The van der Waals surface area contributed by atoms with Crippen molar-refractivity contribution in [1.29, 1.82) is 0 Å². The van der Waals surface area contributed by atoms with Crippen molar-refractivity contribution < 1.29 is 17.6 Å². The van der Waals surface area contributed by atoms with E-state index in [-0.39, 0.29) is 16.5 Å². The Kier molecular flexibility index (Phi) is 6.68. The van der Waals surface area contributed by atoms with Crippen molar-refractivity contribution in [3.63, 3.8) is 0 Å². The Balaban J connectivity index is 1.81. The highest BCUT2D eigenvalue weighted by Gasteiger charge is 2.23. The zero-order valence-corrected chi connectivity index (χ0v) is 19.8. The van der Waals surface area contributed by atoms with Crippen molar-refractivity contribution in [2.75, 3.05) is 10.0 Å². The van der Waals surface area contributed by atoms with E-state index in [0.717, 1.165) is 0 Å². The molecule has 0 radical (unpaired) electrons. The summed E-state index contributed by atoms with van der Waals surface area (Å²) in [4.78, 5) is 12.3. The van der Waals surface area contributed by atoms with Crippen LogP contribution in [0.2, 0.25) is 0 Å². The molecule has 0 bridgehead atoms. The Bertz CT molecular complexity index is 1190. The molecule has 3 rings (SSSR count). The topological polar surface area (TPSA) is 101 Å². The number of nitrogens with one attached hydrogen (secondary N) is 2. The van der Waals surface area contributed by atoms with Gasteiger partial charge in [0.15, 0.2) is 3.42 Å². The van der Waals surface area contributed by atoms with E-state index in [9.17, 15) is 17.6 Å². The van der Waals surface area contributed by atoms with Gasteiger partial charge >= 0.3 is 0 Å². The molecule has 2 aromatic carbocycles. The largest absolute Gasteiger partial charge is 0.322 e. The van der Waals surface area contributed by atoms with E-state index in [4.69, 9.17) is 0 Å². The third-order valence-corrected chi connectivity index (χ3v) is 6.57. The SMILES string of the molecule is Cc1cc(NC(=O)c2ccnnc2)ccc1S(=O)(=O)Nc1cccc(C(F)(P)I)c1. The summed E-state index contributed by atoms with van der Waals surface area (Å²) in [6, 6.07) is 12.1. The molecule has 30 heavy (non-hydrogen) atoms. The smallest absolute Gasteiger partial charge is 0.262 e. The van der Waals surface area contributed by atoms with Gasteiger partial charge in [-0.2, -0.15) is 10.2 Å². The van der Waals surface area contributed by atoms with Crippen LogP contribution in [0.3, 0.4) is 0 Å². The predicted molar refractivity (Wildman–Crippen MR) is 125 cm³/mol. The van der Waals surface area contributed by atoms with Gasteiger partial charge in [0.05, 0.1) is 22.9 Å². The molecular formula is C19H17FIN4O3PS. The van der Waals surface area contributed by atoms with E-state index in [1.807, 2.05) is 0 Å². The van der Waals surface area contributed by atoms with Crippen LogP contribution in [0.1, 0.15) is 21.5 Å². The van der Waals surface area contributed by atoms with Gasteiger partial charge in [0, 0.05) is 16.9 Å². The molecule has 2 N–H and O–H groups in total. The number of rotatable bonds is 6. The summed E-state index contributed by atoms with van der Waals surface area (Å²) in [5, 5.41) is 9.95. The maximum atomic E-state index is 14.1. The number of amides is 1. The first-order valence-electron chi connectivity index (χ1n) is 8.55. The molecule has 1 heterocycles. The van der Waals surface area contributed by atoms with Crippen molar-refractivity contribution in [2.45, 2.75) is 15.2 Å². The van der Waals surface area contributed by atoms with Crippen LogP contribution in [0.5, 0.6) is 0 Å². The molecule has 0 saturated carbocycles. The van der Waals surface area contributed by atoms with Gasteiger partial charge in [-0.25, -0.2) is 12.8 Å². The monoisotopic (exact) mass is 558 g/mol. The van der Waals surface area contributed by atoms with E-state index in [1.54, 1.807) is 53.8 Å². The van der Waals surface area contributed by atoms with Gasteiger partial charge in [-0.1, -0.05) is 21.4 Å². The number of anilines is 2. The van der Waals surface area contributed by atoms with Crippen LogP contribution in [0.25, 0.3) is 0 Å². The lowest BCUT2D eigenvalue weighted by molar-refractivity contribution is 0.102. The van der Waals surface area contributed by atoms with E-state index in [2.05, 4.69) is 29.5 Å². The summed E-state index contributed by atoms with van der Waals surface area (Å²) in [5.74, 6) is -0.388. The van der Waals surface area contributed by atoms with Crippen LogP contribution in [0.15, 0.2) is 65.8 Å². The molecular weight excluding hydrogens is 541 g/mol. The molecule has 2 unspecified atom stereocenters. The van der Waals surface area contributed by atoms with Crippen LogP contribution < -0.4 is 10.0 Å². The Morgan fingerprint density at radius 3 is 2.53 bits per heavy atom. The first kappa shape index (κ1) is 22.5. The molecule has 0 aliphatic heterocycles. The molecule has 3 aromatic rings. The van der Waals surface area contributed by atoms with Crippen molar-refractivity contribution in [2.24, 2.45) is 0 Å². The van der Waals surface area contributed by atoms with Crippen molar-refractivity contribution >= 4 is 59.1 Å². The molecule has 0 spiro atoms. The number of hydrogen-bond donors (Lipinski definition) is 2. The van der Waals surface area contributed by atoms with Crippen molar-refractivity contribution in [1.82, 2.24) is 10.2 Å². The van der Waals surface area contributed by atoms with Gasteiger partial charge in [-0.15, -0.1) is 0 Å². The molecule has 0 aliphatic carbocycles. The Hall–Kier alpha value is -2.17. The molecule has 7 nitrogen and oxygen atoms in total. The van der Waals surface area contributed by atoms with E-state index in [0.29, 0.717) is 22.4 Å². The molecule has 156 valence electrons. The second-order valence-electron chi connectivity index (χ2n) is 6.37. The van der Waals surface area contributed by atoms with Gasteiger partial charge in [0.25, 0.3) is 15.9 Å². The number of hydrogen-bond acceptors (Lipinski definition) is 5. The highest BCUT2D eigenvalue weighted by Crippen LogP contribution is 2.41. The lowest BCUT2D eigenvalue weighted by Crippen LogP contribution is -2.16. The van der Waals surface area contributed by atoms with Crippen LogP contribution in [0.4, 0.5) is 15.8 Å². The average Bonchev–Trinajstić information content (AvgIpc) is 2.67. The number of nitrogens with zero attached hydrogens (tertiary/aromatic N) is 2. The average molecular weight is 558 g/mol. The standard InChI is InChI=1S/C19H17FIN4O3PS/c1-12-9-15(24-18(26)13-7-8-22-23-11-13)5-6-17(12)30(27,28)25-16-4-2-3-14(10-16)19(20,21)29/h2-11,25H,29H2,1H3,(H,24,26). The number of halogens is 2. The minimum Gasteiger partial charge on any atom is -0.322 e. The third-order valence-electron chi connectivity index (χ3n) is 4.07. The molecule has 2 atom stereocenters. The fourth-order valence-electron chi connectivity index (χ4n) is 2.66. The fourth-order valence-corrected chi connectivity index (χ4v) is 4.45. The Morgan fingerprint density at radius 2 is 1.90 bits per heavy atom. The van der Waals surface area contributed by atoms with Gasteiger partial charge < -0.3 is 5.32 Å². The minimum atomic E-state index is -3.92. The molecule has 1 amide bonds. The Labute approximate surface area is 189 Å². The summed E-state index contributed by atoms with van der Waals surface area (Å²) in [5.41, 5.74) is 1.76. The second-order valence-corrected chi connectivity index (χ2v) is 11.6. The number of carbonyl (C=O) groups is 1. The maximum absolute atomic E-state index is 14.1. The highest BCUT2D eigenvalue weighted by molar-refractivity contribution is 14.1. The molecule has 0 aliphatic rings. The number of alkyl halides is 2. The third kappa shape index (κ3) is 5.50. The van der Waals surface area contributed by atoms with E-state index in [1.165, 1.54) is 36.7 Å². The summed E-state index contributed by atoms with van der Waals surface area (Å²) in [6.07, 6.45) is 2.73. The second kappa shape index (κ2) is 8.91. The zero-order valence-electron chi connectivity index (χ0n) is 15.6. The summed E-state index contributed by atoms with van der Waals surface area (Å²) < 4.78 is 40.5. The first-order valence-corrected chi connectivity index (χ1v) is 11.7. The number of sulfonamides is 1. The van der Waals surface area contributed by atoms with Crippen LogP contribution >= 0.6 is 31.8 Å². The lowest BCUT2D eigenvalue weighted by Gasteiger charge is -2.16. The van der Waals surface area contributed by atoms with Crippen LogP contribution in [-0.2, 0) is 13.4 Å². The Morgan fingerprint density at radius 1 is 1.13 bits per heavy atom. The number of carbonyl (C=O) groups excluding carboxylic acids is 1. The maximum Gasteiger partial charge on any atom is 0.262 e. The van der Waals surface area contributed by atoms with Gasteiger partial charge in [-0.05, 0) is 71.5 Å². The van der Waals surface area contributed by atoms with Crippen molar-refractivity contribution in [3.8, 4) is 0 Å². The number of benzene rings is 2.